The van der Waals surface area contributed by atoms with E-state index in [2.05, 4.69) is 10.3 Å². The Kier molecular flexibility index (Phi) is 4.37. The van der Waals surface area contributed by atoms with Crippen LogP contribution in [-0.4, -0.2) is 29.5 Å². The van der Waals surface area contributed by atoms with Gasteiger partial charge in [-0.05, 0) is 26.0 Å². The normalized spacial score (nSPS) is 11.9. The molecule has 0 bridgehead atoms. The van der Waals surface area contributed by atoms with Gasteiger partial charge in [-0.15, -0.1) is 0 Å². The van der Waals surface area contributed by atoms with Gasteiger partial charge in [0.05, 0.1) is 6.61 Å². The number of esters is 1. The minimum atomic E-state index is -0.785. The fourth-order valence-corrected chi connectivity index (χ4v) is 1.92. The molecule has 2 N–H and O–H groups in total. The predicted molar refractivity (Wildman–Crippen MR) is 78.1 cm³/mol. The maximum atomic E-state index is 12.1. The molecule has 1 amide bonds. The number of aromatic nitrogens is 1. The van der Waals surface area contributed by atoms with Crippen LogP contribution in [-0.2, 0) is 9.53 Å². The number of fused-ring (bicyclic) bond motifs is 1. The molecule has 110 valence electrons. The van der Waals surface area contributed by atoms with Crippen molar-refractivity contribution in [3.63, 3.8) is 0 Å². The molecule has 0 spiro atoms. The molecular weight excluding hydrogens is 272 g/mol. The van der Waals surface area contributed by atoms with Crippen LogP contribution in [0.15, 0.2) is 35.1 Å². The van der Waals surface area contributed by atoms with Crippen LogP contribution >= 0.6 is 0 Å². The van der Waals surface area contributed by atoms with Gasteiger partial charge in [-0.25, -0.2) is 4.79 Å². The highest BCUT2D eigenvalue weighted by molar-refractivity contribution is 5.97. The number of hydrogen-bond donors (Lipinski definition) is 2. The van der Waals surface area contributed by atoms with Gasteiger partial charge in [0.1, 0.15) is 11.7 Å². The predicted octanol–water partition coefficient (Wildman–Crippen LogP) is 1.21. The van der Waals surface area contributed by atoms with Gasteiger partial charge in [0.15, 0.2) is 5.43 Å². The SMILES string of the molecule is CCOC(=O)C(C)NC(=O)c1cc(=O)c2ccccc2[nH]1. The summed E-state index contributed by atoms with van der Waals surface area (Å²) in [7, 11) is 0. The van der Waals surface area contributed by atoms with E-state index in [1.807, 2.05) is 0 Å². The summed E-state index contributed by atoms with van der Waals surface area (Å²) >= 11 is 0. The second-order valence-corrected chi connectivity index (χ2v) is 4.54. The molecule has 2 aromatic rings. The Bertz CT molecular complexity index is 736. The molecule has 0 aliphatic heterocycles. The lowest BCUT2D eigenvalue weighted by molar-refractivity contribution is -0.144. The van der Waals surface area contributed by atoms with E-state index >= 15 is 0 Å². The maximum Gasteiger partial charge on any atom is 0.328 e. The first kappa shape index (κ1) is 14.8. The summed E-state index contributed by atoms with van der Waals surface area (Å²) in [4.78, 5) is 38.4. The number of nitrogens with one attached hydrogen (secondary N) is 2. The third-order valence-corrected chi connectivity index (χ3v) is 2.97. The number of amides is 1. The van der Waals surface area contributed by atoms with E-state index < -0.39 is 17.9 Å². The molecule has 21 heavy (non-hydrogen) atoms. The molecule has 2 rings (SSSR count). The number of rotatable bonds is 4. The smallest absolute Gasteiger partial charge is 0.328 e. The Balaban J connectivity index is 2.24. The van der Waals surface area contributed by atoms with Crippen LogP contribution in [0.3, 0.4) is 0 Å². The van der Waals surface area contributed by atoms with Crippen LogP contribution in [0.4, 0.5) is 0 Å². The minimum Gasteiger partial charge on any atom is -0.464 e. The molecule has 1 aromatic carbocycles. The van der Waals surface area contributed by atoms with Crippen LogP contribution < -0.4 is 10.7 Å². The number of hydrogen-bond acceptors (Lipinski definition) is 4. The number of pyridine rings is 1. The first-order valence-electron chi connectivity index (χ1n) is 6.62. The number of aromatic amines is 1. The van der Waals surface area contributed by atoms with Crippen molar-refractivity contribution in [1.29, 1.82) is 0 Å². The quantitative estimate of drug-likeness (QED) is 0.828. The number of carbonyl (C=O) groups is 2. The molecule has 0 radical (unpaired) electrons. The van der Waals surface area contributed by atoms with Crippen LogP contribution in [0, 0.1) is 0 Å². The molecule has 0 aliphatic rings. The van der Waals surface area contributed by atoms with Crippen molar-refractivity contribution in [3.05, 3.63) is 46.2 Å². The van der Waals surface area contributed by atoms with Crippen molar-refractivity contribution in [1.82, 2.24) is 10.3 Å². The van der Waals surface area contributed by atoms with Gasteiger partial charge in [0, 0.05) is 17.0 Å². The summed E-state index contributed by atoms with van der Waals surface area (Å²) in [5, 5.41) is 3.00. The highest BCUT2D eigenvalue weighted by atomic mass is 16.5. The van der Waals surface area contributed by atoms with Crippen molar-refractivity contribution in [2.24, 2.45) is 0 Å². The highest BCUT2D eigenvalue weighted by Gasteiger charge is 2.18. The summed E-state index contributed by atoms with van der Waals surface area (Å²) in [5.74, 6) is -1.05. The molecule has 0 saturated heterocycles. The molecule has 0 aliphatic carbocycles. The van der Waals surface area contributed by atoms with E-state index in [9.17, 15) is 14.4 Å². The average Bonchev–Trinajstić information content (AvgIpc) is 2.47. The molecule has 6 heteroatoms. The van der Waals surface area contributed by atoms with Crippen LogP contribution in [0.5, 0.6) is 0 Å². The lowest BCUT2D eigenvalue weighted by Crippen LogP contribution is -2.40. The molecular formula is C15H16N2O4. The minimum absolute atomic E-state index is 0.106. The zero-order valence-electron chi connectivity index (χ0n) is 11.8. The van der Waals surface area contributed by atoms with Crippen LogP contribution in [0.25, 0.3) is 10.9 Å². The van der Waals surface area contributed by atoms with E-state index in [-0.39, 0.29) is 17.7 Å². The summed E-state index contributed by atoms with van der Waals surface area (Å²) in [6, 6.07) is 7.34. The van der Waals surface area contributed by atoms with E-state index in [4.69, 9.17) is 4.74 Å². The molecule has 1 unspecified atom stereocenters. The topological polar surface area (TPSA) is 88.3 Å². The Labute approximate surface area is 121 Å². The summed E-state index contributed by atoms with van der Waals surface area (Å²) in [6.07, 6.45) is 0. The van der Waals surface area contributed by atoms with Crippen molar-refractivity contribution < 1.29 is 14.3 Å². The molecule has 1 heterocycles. The molecule has 6 nitrogen and oxygen atoms in total. The molecule has 1 atom stereocenters. The lowest BCUT2D eigenvalue weighted by atomic mass is 10.2. The van der Waals surface area contributed by atoms with Gasteiger partial charge in [-0.1, -0.05) is 12.1 Å². The number of para-hydroxylation sites is 1. The number of H-pyrrole nitrogens is 1. The van der Waals surface area contributed by atoms with E-state index in [1.54, 1.807) is 31.2 Å². The Hall–Kier alpha value is -2.63. The van der Waals surface area contributed by atoms with Gasteiger partial charge >= 0.3 is 5.97 Å². The van der Waals surface area contributed by atoms with E-state index in [0.717, 1.165) is 0 Å². The molecule has 1 aromatic heterocycles. The van der Waals surface area contributed by atoms with Gasteiger partial charge in [-0.2, -0.15) is 0 Å². The highest BCUT2D eigenvalue weighted by Crippen LogP contribution is 2.07. The van der Waals surface area contributed by atoms with E-state index in [0.29, 0.717) is 10.9 Å². The summed E-state index contributed by atoms with van der Waals surface area (Å²) in [5.41, 5.74) is 0.423. The summed E-state index contributed by atoms with van der Waals surface area (Å²) in [6.45, 7) is 3.45. The maximum absolute atomic E-state index is 12.1. The van der Waals surface area contributed by atoms with E-state index in [1.165, 1.54) is 13.0 Å². The number of ether oxygens (including phenoxy) is 1. The van der Waals surface area contributed by atoms with Crippen molar-refractivity contribution in [3.8, 4) is 0 Å². The third-order valence-electron chi connectivity index (χ3n) is 2.97. The van der Waals surface area contributed by atoms with Gasteiger partial charge in [0.25, 0.3) is 5.91 Å². The first-order chi connectivity index (χ1) is 10.0. The largest absolute Gasteiger partial charge is 0.464 e. The van der Waals surface area contributed by atoms with Gasteiger partial charge in [0.2, 0.25) is 0 Å². The van der Waals surface area contributed by atoms with Crippen molar-refractivity contribution in [2.45, 2.75) is 19.9 Å². The fraction of sp³-hybridized carbons (Fsp3) is 0.267. The first-order valence-corrected chi connectivity index (χ1v) is 6.62. The number of carbonyl (C=O) groups excluding carboxylic acids is 2. The molecule has 0 saturated carbocycles. The molecule has 0 fully saturated rings. The lowest BCUT2D eigenvalue weighted by Gasteiger charge is -2.12. The monoisotopic (exact) mass is 288 g/mol. The number of benzene rings is 1. The average molecular weight is 288 g/mol. The second kappa shape index (κ2) is 6.21. The van der Waals surface area contributed by atoms with Crippen LogP contribution in [0.2, 0.25) is 0 Å². The Morgan fingerprint density at radius 3 is 2.76 bits per heavy atom. The van der Waals surface area contributed by atoms with Gasteiger partial charge in [-0.3, -0.25) is 9.59 Å². The van der Waals surface area contributed by atoms with Gasteiger partial charge < -0.3 is 15.0 Å². The van der Waals surface area contributed by atoms with Crippen molar-refractivity contribution >= 4 is 22.8 Å². The second-order valence-electron chi connectivity index (χ2n) is 4.54. The third kappa shape index (κ3) is 3.28. The summed E-state index contributed by atoms with van der Waals surface area (Å²) < 4.78 is 4.81. The standard InChI is InChI=1S/C15H16N2O4/c1-3-21-15(20)9(2)16-14(19)12-8-13(18)10-6-4-5-7-11(10)17-12/h4-9H,3H2,1-2H3,(H,16,19)(H,17,18). The fourth-order valence-electron chi connectivity index (χ4n) is 1.92. The zero-order chi connectivity index (χ0) is 15.4. The van der Waals surface area contributed by atoms with Crippen molar-refractivity contribution in [2.75, 3.05) is 6.61 Å². The zero-order valence-corrected chi connectivity index (χ0v) is 11.8. The Morgan fingerprint density at radius 1 is 1.33 bits per heavy atom. The van der Waals surface area contributed by atoms with Crippen LogP contribution in [0.1, 0.15) is 24.3 Å². The Morgan fingerprint density at radius 2 is 2.05 bits per heavy atom.